The smallest absolute Gasteiger partial charge is 0.463 e. The van der Waals surface area contributed by atoms with E-state index >= 15 is 0 Å². The number of aliphatic hydroxyl groups excluding tert-OH is 1. The highest BCUT2D eigenvalue weighted by molar-refractivity contribution is 7.47. The molecular formula is C22H44NO7P. The second kappa shape index (κ2) is 21.1. The van der Waals surface area contributed by atoms with E-state index in [0.717, 1.165) is 32.1 Å². The average molecular weight is 466 g/mol. The molecule has 0 aromatic rings. The minimum absolute atomic E-state index is 0.0738. The number of carbonyl (C=O) groups excluding carboxylic acids is 1. The van der Waals surface area contributed by atoms with Crippen molar-refractivity contribution in [3.8, 4) is 0 Å². The Morgan fingerprint density at radius 3 is 2.13 bits per heavy atom. The molecule has 0 aliphatic rings. The van der Waals surface area contributed by atoms with Crippen LogP contribution in [0.15, 0.2) is 12.2 Å². The zero-order valence-electron chi connectivity index (χ0n) is 19.2. The van der Waals surface area contributed by atoms with Gasteiger partial charge in [0.2, 0.25) is 0 Å². The van der Waals surface area contributed by atoms with E-state index in [1.807, 2.05) is 0 Å². The first-order valence-corrected chi connectivity index (χ1v) is 13.2. The Labute approximate surface area is 188 Å². The van der Waals surface area contributed by atoms with E-state index in [9.17, 15) is 19.4 Å². The molecule has 184 valence electrons. The summed E-state index contributed by atoms with van der Waals surface area (Å²) in [5.41, 5.74) is 5.16. The van der Waals surface area contributed by atoms with Crippen LogP contribution in [0.5, 0.6) is 0 Å². The molecule has 9 heteroatoms. The Morgan fingerprint density at radius 1 is 0.935 bits per heavy atom. The number of phosphoric acid groups is 1. The second-order valence-corrected chi connectivity index (χ2v) is 9.16. The number of hydrogen-bond donors (Lipinski definition) is 3. The predicted molar refractivity (Wildman–Crippen MR) is 123 cm³/mol. The van der Waals surface area contributed by atoms with Crippen LogP contribution in [0.2, 0.25) is 0 Å². The maximum Gasteiger partial charge on any atom is 0.472 e. The lowest BCUT2D eigenvalue weighted by molar-refractivity contribution is -0.147. The first-order valence-electron chi connectivity index (χ1n) is 11.7. The monoisotopic (exact) mass is 465 g/mol. The molecule has 0 aromatic heterocycles. The van der Waals surface area contributed by atoms with Gasteiger partial charge in [-0.15, -0.1) is 0 Å². The topological polar surface area (TPSA) is 128 Å². The van der Waals surface area contributed by atoms with Gasteiger partial charge in [0.05, 0.1) is 13.2 Å². The van der Waals surface area contributed by atoms with Crippen molar-refractivity contribution in [1.29, 1.82) is 0 Å². The van der Waals surface area contributed by atoms with Crippen molar-refractivity contribution < 1.29 is 33.1 Å². The Hall–Kier alpha value is -0.760. The van der Waals surface area contributed by atoms with E-state index in [2.05, 4.69) is 28.1 Å². The molecule has 0 saturated heterocycles. The fraction of sp³-hybridized carbons (Fsp3) is 0.864. The van der Waals surface area contributed by atoms with Crippen molar-refractivity contribution in [3.63, 3.8) is 0 Å². The van der Waals surface area contributed by atoms with Gasteiger partial charge in [0.1, 0.15) is 12.7 Å². The van der Waals surface area contributed by atoms with Crippen molar-refractivity contribution in [2.24, 2.45) is 5.73 Å². The number of nitrogens with two attached hydrogens (primary N) is 1. The van der Waals surface area contributed by atoms with E-state index in [1.54, 1.807) is 0 Å². The summed E-state index contributed by atoms with van der Waals surface area (Å²) in [5.74, 6) is -0.396. The number of hydrogen-bond acceptors (Lipinski definition) is 7. The van der Waals surface area contributed by atoms with Gasteiger partial charge in [-0.2, -0.15) is 0 Å². The van der Waals surface area contributed by atoms with Crippen LogP contribution in [0.1, 0.15) is 90.4 Å². The molecule has 8 nitrogen and oxygen atoms in total. The van der Waals surface area contributed by atoms with Gasteiger partial charge in [-0.3, -0.25) is 13.8 Å². The summed E-state index contributed by atoms with van der Waals surface area (Å²) in [5, 5.41) is 9.66. The Bertz CT molecular complexity index is 502. The van der Waals surface area contributed by atoms with Crippen LogP contribution in [0, 0.1) is 0 Å². The number of rotatable bonds is 22. The van der Waals surface area contributed by atoms with Gasteiger partial charge in [-0.1, -0.05) is 64.0 Å². The molecule has 31 heavy (non-hydrogen) atoms. The molecule has 0 aromatic carbocycles. The molecule has 2 atom stereocenters. The largest absolute Gasteiger partial charge is 0.472 e. The number of phosphoric ester groups is 1. The van der Waals surface area contributed by atoms with Gasteiger partial charge in [-0.25, -0.2) is 4.57 Å². The summed E-state index contributed by atoms with van der Waals surface area (Å²) in [6, 6.07) is 0. The standard InChI is InChI=1S/C22H44NO7P/c1-2-3-4-5-6-7-8-9-10-11-12-13-14-15-16-22(25)28-19-21(24)20-30-31(26,27)29-18-17-23/h8-9,21,24H,2-7,10-20,23H2,1H3,(H,26,27)/b9-8-/t21-/m1/s1. The van der Waals surface area contributed by atoms with Crippen molar-refractivity contribution >= 4 is 13.8 Å². The SMILES string of the molecule is CCCCCCC/C=C\CCCCCCCC(=O)OC[C@@H](O)COP(=O)(O)OCCN. The number of allylic oxidation sites excluding steroid dienone is 2. The number of carbonyl (C=O) groups is 1. The van der Waals surface area contributed by atoms with E-state index < -0.39 is 26.5 Å². The Balaban J connectivity index is 3.51. The van der Waals surface area contributed by atoms with Gasteiger partial charge >= 0.3 is 13.8 Å². The third kappa shape index (κ3) is 22.2. The zero-order chi connectivity index (χ0) is 23.2. The summed E-state index contributed by atoms with van der Waals surface area (Å²) in [6.07, 6.45) is 17.7. The van der Waals surface area contributed by atoms with Crippen LogP contribution in [-0.2, 0) is 23.1 Å². The number of unbranched alkanes of at least 4 members (excludes halogenated alkanes) is 10. The van der Waals surface area contributed by atoms with Gasteiger partial charge in [-0.05, 0) is 32.1 Å². The lowest BCUT2D eigenvalue weighted by atomic mass is 10.1. The third-order valence-electron chi connectivity index (χ3n) is 4.63. The molecule has 0 amide bonds. The Kier molecular flexibility index (Phi) is 20.6. The van der Waals surface area contributed by atoms with Crippen LogP contribution >= 0.6 is 7.82 Å². The molecule has 0 rings (SSSR count). The minimum Gasteiger partial charge on any atom is -0.463 e. The quantitative estimate of drug-likeness (QED) is 0.0913. The number of aliphatic hydroxyl groups is 1. The molecule has 1 unspecified atom stereocenters. The first kappa shape index (κ1) is 30.2. The minimum atomic E-state index is -4.24. The normalized spacial score (nSPS) is 14.6. The van der Waals surface area contributed by atoms with Gasteiger partial charge in [0.25, 0.3) is 0 Å². The van der Waals surface area contributed by atoms with Crippen LogP contribution in [0.25, 0.3) is 0 Å². The molecule has 0 fully saturated rings. The fourth-order valence-corrected chi connectivity index (χ4v) is 3.63. The van der Waals surface area contributed by atoms with Crippen LogP contribution in [0.3, 0.4) is 0 Å². The summed E-state index contributed by atoms with van der Waals surface area (Å²) in [6.45, 7) is 1.41. The van der Waals surface area contributed by atoms with Gasteiger partial charge < -0.3 is 20.5 Å². The van der Waals surface area contributed by atoms with Crippen molar-refractivity contribution in [2.75, 3.05) is 26.4 Å². The highest BCUT2D eigenvalue weighted by Crippen LogP contribution is 2.42. The maximum atomic E-state index is 11.7. The predicted octanol–water partition coefficient (Wildman–Crippen LogP) is 4.63. The van der Waals surface area contributed by atoms with E-state index in [-0.39, 0.29) is 19.8 Å². The number of ether oxygens (including phenoxy) is 1. The second-order valence-electron chi connectivity index (χ2n) is 7.70. The van der Waals surface area contributed by atoms with E-state index in [0.29, 0.717) is 6.42 Å². The molecule has 4 N–H and O–H groups in total. The highest BCUT2D eigenvalue weighted by Gasteiger charge is 2.22. The molecule has 0 radical (unpaired) electrons. The van der Waals surface area contributed by atoms with Crippen LogP contribution < -0.4 is 5.73 Å². The lowest BCUT2D eigenvalue weighted by Gasteiger charge is -2.15. The Morgan fingerprint density at radius 2 is 1.52 bits per heavy atom. The molecule has 0 saturated carbocycles. The van der Waals surface area contributed by atoms with Crippen LogP contribution in [-0.4, -0.2) is 48.4 Å². The molecule has 0 aliphatic heterocycles. The summed E-state index contributed by atoms with van der Waals surface area (Å²) in [4.78, 5) is 21.0. The molecular weight excluding hydrogens is 421 g/mol. The molecule has 0 spiro atoms. The zero-order valence-corrected chi connectivity index (χ0v) is 20.1. The third-order valence-corrected chi connectivity index (χ3v) is 5.62. The van der Waals surface area contributed by atoms with E-state index in [1.165, 1.54) is 44.9 Å². The van der Waals surface area contributed by atoms with Crippen molar-refractivity contribution in [1.82, 2.24) is 0 Å². The van der Waals surface area contributed by atoms with Gasteiger partial charge in [0, 0.05) is 13.0 Å². The molecule has 0 aliphatic carbocycles. The lowest BCUT2D eigenvalue weighted by Crippen LogP contribution is -2.23. The number of esters is 1. The highest BCUT2D eigenvalue weighted by atomic mass is 31.2. The average Bonchev–Trinajstić information content (AvgIpc) is 2.75. The summed E-state index contributed by atoms with van der Waals surface area (Å²) >= 11 is 0. The fourth-order valence-electron chi connectivity index (χ4n) is 2.86. The summed E-state index contributed by atoms with van der Waals surface area (Å²) < 4.78 is 25.5. The first-order chi connectivity index (χ1) is 14.9. The van der Waals surface area contributed by atoms with Crippen LogP contribution in [0.4, 0.5) is 0 Å². The molecule has 0 bridgehead atoms. The van der Waals surface area contributed by atoms with E-state index in [4.69, 9.17) is 10.5 Å². The van der Waals surface area contributed by atoms with Crippen molar-refractivity contribution in [2.45, 2.75) is 96.5 Å². The maximum absolute atomic E-state index is 11.7. The van der Waals surface area contributed by atoms with Gasteiger partial charge in [0.15, 0.2) is 0 Å². The summed E-state index contributed by atoms with van der Waals surface area (Å²) in [7, 11) is -4.24. The molecule has 0 heterocycles. The van der Waals surface area contributed by atoms with Crippen molar-refractivity contribution in [3.05, 3.63) is 12.2 Å².